The van der Waals surface area contributed by atoms with Crippen LogP contribution < -0.4 is 5.32 Å². The number of benzene rings is 1. The van der Waals surface area contributed by atoms with E-state index < -0.39 is 0 Å². The Kier molecular flexibility index (Phi) is 2.66. The lowest BCUT2D eigenvalue weighted by atomic mass is 10.1. The van der Waals surface area contributed by atoms with Gasteiger partial charge in [0.2, 0.25) is 5.91 Å². The summed E-state index contributed by atoms with van der Waals surface area (Å²) in [7, 11) is 0. The third kappa shape index (κ3) is 2.28. The van der Waals surface area contributed by atoms with Crippen LogP contribution in [-0.4, -0.2) is 5.91 Å². The van der Waals surface area contributed by atoms with E-state index in [2.05, 4.69) is 5.32 Å². The molecule has 1 aromatic carbocycles. The highest BCUT2D eigenvalue weighted by Gasteiger charge is 2.04. The molecular weight excluding hydrogens is 169 g/mol. The van der Waals surface area contributed by atoms with Gasteiger partial charge in [-0.1, -0.05) is 0 Å². The van der Waals surface area contributed by atoms with Gasteiger partial charge in [-0.2, -0.15) is 0 Å². The summed E-state index contributed by atoms with van der Waals surface area (Å²) in [5, 5.41) is 2.53. The topological polar surface area (TPSA) is 29.1 Å². The highest BCUT2D eigenvalue weighted by Crippen LogP contribution is 2.18. The first-order valence-corrected chi connectivity index (χ1v) is 4.05. The second-order valence-electron chi connectivity index (χ2n) is 3.08. The van der Waals surface area contributed by atoms with Gasteiger partial charge in [0.1, 0.15) is 5.82 Å². The summed E-state index contributed by atoms with van der Waals surface area (Å²) in [6, 6.07) is 3.07. The highest BCUT2D eigenvalue weighted by molar-refractivity contribution is 5.88. The third-order valence-electron chi connectivity index (χ3n) is 1.92. The van der Waals surface area contributed by atoms with E-state index in [4.69, 9.17) is 0 Å². The lowest BCUT2D eigenvalue weighted by Gasteiger charge is -2.06. The van der Waals surface area contributed by atoms with Crippen molar-refractivity contribution in [3.63, 3.8) is 0 Å². The van der Waals surface area contributed by atoms with Crippen LogP contribution in [-0.2, 0) is 4.79 Å². The molecule has 0 bridgehead atoms. The van der Waals surface area contributed by atoms with E-state index in [1.165, 1.54) is 13.0 Å². The summed E-state index contributed by atoms with van der Waals surface area (Å²) in [6.45, 7) is 4.92. The monoisotopic (exact) mass is 181 g/mol. The van der Waals surface area contributed by atoms with Crippen LogP contribution in [0.5, 0.6) is 0 Å². The van der Waals surface area contributed by atoms with Crippen LogP contribution in [0.3, 0.4) is 0 Å². The van der Waals surface area contributed by atoms with Crippen LogP contribution in [0.4, 0.5) is 10.1 Å². The van der Waals surface area contributed by atoms with Gasteiger partial charge in [-0.05, 0) is 37.1 Å². The molecule has 13 heavy (non-hydrogen) atoms. The first-order chi connectivity index (χ1) is 6.00. The van der Waals surface area contributed by atoms with Gasteiger partial charge in [-0.15, -0.1) is 0 Å². The van der Waals surface area contributed by atoms with Gasteiger partial charge in [0, 0.05) is 12.6 Å². The smallest absolute Gasteiger partial charge is 0.221 e. The fourth-order valence-electron chi connectivity index (χ4n) is 1.09. The van der Waals surface area contributed by atoms with Crippen LogP contribution in [0.15, 0.2) is 12.1 Å². The summed E-state index contributed by atoms with van der Waals surface area (Å²) in [4.78, 5) is 10.7. The van der Waals surface area contributed by atoms with Crippen molar-refractivity contribution in [1.82, 2.24) is 0 Å². The standard InChI is InChI=1S/C10H12FNO/c1-6-4-9(12-8(3)13)5-10(11)7(6)2/h4-5H,1-3H3,(H,12,13). The van der Waals surface area contributed by atoms with Gasteiger partial charge in [0.25, 0.3) is 0 Å². The van der Waals surface area contributed by atoms with Crippen molar-refractivity contribution in [3.8, 4) is 0 Å². The Morgan fingerprint density at radius 1 is 1.38 bits per heavy atom. The van der Waals surface area contributed by atoms with E-state index in [1.807, 2.05) is 6.92 Å². The Balaban J connectivity index is 3.06. The van der Waals surface area contributed by atoms with Crippen LogP contribution in [0.2, 0.25) is 0 Å². The Morgan fingerprint density at radius 3 is 2.46 bits per heavy atom. The van der Waals surface area contributed by atoms with E-state index in [9.17, 15) is 9.18 Å². The van der Waals surface area contributed by atoms with Gasteiger partial charge in [-0.3, -0.25) is 4.79 Å². The summed E-state index contributed by atoms with van der Waals surface area (Å²) in [5.41, 5.74) is 1.96. The third-order valence-corrected chi connectivity index (χ3v) is 1.92. The summed E-state index contributed by atoms with van der Waals surface area (Å²) in [5.74, 6) is -0.480. The minimum absolute atomic E-state index is 0.192. The van der Waals surface area contributed by atoms with Crippen molar-refractivity contribution in [1.29, 1.82) is 0 Å². The molecule has 70 valence electrons. The molecule has 0 spiro atoms. The number of aryl methyl sites for hydroxylation is 1. The van der Waals surface area contributed by atoms with E-state index in [-0.39, 0.29) is 11.7 Å². The van der Waals surface area contributed by atoms with Gasteiger partial charge < -0.3 is 5.32 Å². The average Bonchev–Trinajstić information content (AvgIpc) is 1.98. The fourth-order valence-corrected chi connectivity index (χ4v) is 1.09. The normalized spacial score (nSPS) is 9.85. The number of amides is 1. The Hall–Kier alpha value is -1.38. The molecule has 0 saturated carbocycles. The Morgan fingerprint density at radius 2 is 2.00 bits per heavy atom. The van der Waals surface area contributed by atoms with E-state index in [0.29, 0.717) is 11.3 Å². The Bertz CT molecular complexity index is 324. The van der Waals surface area contributed by atoms with E-state index in [0.717, 1.165) is 5.56 Å². The molecule has 1 aromatic rings. The molecule has 1 rings (SSSR count). The van der Waals surface area contributed by atoms with Crippen LogP contribution in [0.25, 0.3) is 0 Å². The molecule has 0 aromatic heterocycles. The lowest BCUT2D eigenvalue weighted by molar-refractivity contribution is -0.114. The predicted octanol–water partition coefficient (Wildman–Crippen LogP) is 2.40. The largest absolute Gasteiger partial charge is 0.326 e. The predicted molar refractivity (Wildman–Crippen MR) is 50.2 cm³/mol. The number of carbonyl (C=O) groups is 1. The molecule has 0 aliphatic heterocycles. The highest BCUT2D eigenvalue weighted by atomic mass is 19.1. The Labute approximate surface area is 76.8 Å². The van der Waals surface area contributed by atoms with Gasteiger partial charge in [-0.25, -0.2) is 4.39 Å². The molecule has 3 heteroatoms. The molecule has 0 heterocycles. The first-order valence-electron chi connectivity index (χ1n) is 4.05. The summed E-state index contributed by atoms with van der Waals surface area (Å²) < 4.78 is 13.1. The maximum atomic E-state index is 13.1. The zero-order valence-electron chi connectivity index (χ0n) is 7.94. The van der Waals surface area contributed by atoms with Gasteiger partial charge in [0.15, 0.2) is 0 Å². The molecule has 0 atom stereocenters. The molecular formula is C10H12FNO. The van der Waals surface area contributed by atoms with Gasteiger partial charge in [0.05, 0.1) is 0 Å². The second-order valence-corrected chi connectivity index (χ2v) is 3.08. The number of halogens is 1. The minimum atomic E-state index is -0.288. The molecule has 1 N–H and O–H groups in total. The van der Waals surface area contributed by atoms with Crippen molar-refractivity contribution >= 4 is 11.6 Å². The number of hydrogen-bond donors (Lipinski definition) is 1. The van der Waals surface area contributed by atoms with Crippen molar-refractivity contribution < 1.29 is 9.18 Å². The van der Waals surface area contributed by atoms with E-state index in [1.54, 1.807) is 13.0 Å². The number of carbonyl (C=O) groups excluding carboxylic acids is 1. The number of hydrogen-bond acceptors (Lipinski definition) is 1. The average molecular weight is 181 g/mol. The SMILES string of the molecule is CC(=O)Nc1cc(C)c(C)c(F)c1. The lowest BCUT2D eigenvalue weighted by Crippen LogP contribution is -2.06. The molecule has 0 unspecified atom stereocenters. The molecule has 0 fully saturated rings. The molecule has 2 nitrogen and oxygen atoms in total. The van der Waals surface area contributed by atoms with Crippen molar-refractivity contribution in [3.05, 3.63) is 29.1 Å². The van der Waals surface area contributed by atoms with Crippen LogP contribution >= 0.6 is 0 Å². The quantitative estimate of drug-likeness (QED) is 0.708. The van der Waals surface area contributed by atoms with Crippen LogP contribution in [0.1, 0.15) is 18.1 Å². The van der Waals surface area contributed by atoms with Crippen molar-refractivity contribution in [2.24, 2.45) is 0 Å². The van der Waals surface area contributed by atoms with Crippen LogP contribution in [0, 0.1) is 19.7 Å². The maximum Gasteiger partial charge on any atom is 0.221 e. The van der Waals surface area contributed by atoms with Crippen molar-refractivity contribution in [2.75, 3.05) is 5.32 Å². The summed E-state index contributed by atoms with van der Waals surface area (Å²) in [6.07, 6.45) is 0. The van der Waals surface area contributed by atoms with E-state index >= 15 is 0 Å². The molecule has 0 radical (unpaired) electrons. The van der Waals surface area contributed by atoms with Crippen molar-refractivity contribution in [2.45, 2.75) is 20.8 Å². The first kappa shape index (κ1) is 9.71. The second kappa shape index (κ2) is 3.56. The zero-order valence-corrected chi connectivity index (χ0v) is 7.94. The molecule has 0 saturated heterocycles. The molecule has 0 aliphatic carbocycles. The number of anilines is 1. The van der Waals surface area contributed by atoms with Gasteiger partial charge >= 0.3 is 0 Å². The number of rotatable bonds is 1. The molecule has 0 aliphatic rings. The zero-order chi connectivity index (χ0) is 10.0. The number of nitrogens with one attached hydrogen (secondary N) is 1. The summed E-state index contributed by atoms with van der Waals surface area (Å²) >= 11 is 0. The fraction of sp³-hybridized carbons (Fsp3) is 0.300. The minimum Gasteiger partial charge on any atom is -0.326 e. The maximum absolute atomic E-state index is 13.1. The molecule has 1 amide bonds.